The second kappa shape index (κ2) is 13.3. The lowest BCUT2D eigenvalue weighted by molar-refractivity contribution is -0.141. The smallest absolute Gasteiger partial charge is 0.321 e. The van der Waals surface area contributed by atoms with Crippen LogP contribution < -0.4 is 16.3 Å². The summed E-state index contributed by atoms with van der Waals surface area (Å²) in [7, 11) is 1.76. The number of nitrogens with zero attached hydrogens (tertiary/aromatic N) is 6. The van der Waals surface area contributed by atoms with E-state index in [1.807, 2.05) is 23.0 Å². The van der Waals surface area contributed by atoms with Crippen LogP contribution in [0.25, 0.3) is 21.9 Å². The molecule has 2 N–H and O–H groups in total. The number of piperidine rings is 2. The number of rotatable bonds is 7. The van der Waals surface area contributed by atoms with E-state index in [1.165, 1.54) is 6.07 Å². The quantitative estimate of drug-likeness (QED) is 0.212. The van der Waals surface area contributed by atoms with Gasteiger partial charge in [-0.2, -0.15) is 18.3 Å². The van der Waals surface area contributed by atoms with E-state index in [0.29, 0.717) is 18.0 Å². The molecule has 2 aliphatic heterocycles. The van der Waals surface area contributed by atoms with E-state index in [-0.39, 0.29) is 35.7 Å². The third kappa shape index (κ3) is 6.51. The molecular weight excluding hydrogens is 689 g/mol. The number of benzene rings is 2. The molecule has 3 aliphatic rings. The topological polar surface area (TPSA) is 136 Å². The average Bonchev–Trinajstić information content (AvgIpc) is 3.63. The number of aryl methyl sites for hydroxylation is 2. The van der Waals surface area contributed by atoms with Crippen LogP contribution in [0.1, 0.15) is 83.8 Å². The molecule has 3 aromatic heterocycles. The number of pyridine rings is 1. The Morgan fingerprint density at radius 2 is 1.79 bits per heavy atom. The van der Waals surface area contributed by atoms with Gasteiger partial charge in [0.2, 0.25) is 11.8 Å². The first-order valence-electron chi connectivity index (χ1n) is 17.9. The van der Waals surface area contributed by atoms with Gasteiger partial charge in [-0.15, -0.1) is 0 Å². The normalized spacial score (nSPS) is 21.6. The van der Waals surface area contributed by atoms with E-state index in [2.05, 4.69) is 27.4 Å². The molecule has 1 aliphatic carbocycles. The molecule has 5 aromatic rings. The highest BCUT2D eigenvalue weighted by Crippen LogP contribution is 2.41. The van der Waals surface area contributed by atoms with E-state index in [9.17, 15) is 32.3 Å². The molecule has 0 spiro atoms. The fourth-order valence-corrected chi connectivity index (χ4v) is 8.41. The zero-order chi connectivity index (χ0) is 37.2. The molecule has 1 atom stereocenters. The first kappa shape index (κ1) is 34.8. The molecule has 3 amide bonds. The number of carbonyl (C=O) groups is 3. The Balaban J connectivity index is 0.878. The number of carbonyl (C=O) groups excluding carboxylic acids is 3. The largest absolute Gasteiger partial charge is 0.433 e. The van der Waals surface area contributed by atoms with Gasteiger partial charge < -0.3 is 10.2 Å². The van der Waals surface area contributed by atoms with E-state index in [0.717, 1.165) is 90.5 Å². The predicted octanol–water partition coefficient (Wildman–Crippen LogP) is 5.47. The van der Waals surface area contributed by atoms with Crippen LogP contribution >= 0.6 is 0 Å². The molecule has 8 rings (SSSR count). The van der Waals surface area contributed by atoms with Crippen molar-refractivity contribution in [1.82, 2.24) is 34.1 Å². The first-order valence-corrected chi connectivity index (χ1v) is 17.9. The van der Waals surface area contributed by atoms with Gasteiger partial charge in [0.25, 0.3) is 5.91 Å². The number of likely N-dealkylation sites (tertiary alicyclic amines) is 1. The Bertz CT molecular complexity index is 2330. The van der Waals surface area contributed by atoms with E-state index in [4.69, 9.17) is 5.10 Å². The van der Waals surface area contributed by atoms with Crippen molar-refractivity contribution >= 4 is 45.3 Å². The predicted molar refractivity (Wildman–Crippen MR) is 190 cm³/mol. The van der Waals surface area contributed by atoms with Gasteiger partial charge in [-0.3, -0.25) is 33.5 Å². The Labute approximate surface area is 302 Å². The molecule has 0 bridgehead atoms. The van der Waals surface area contributed by atoms with Crippen LogP contribution in [0.3, 0.4) is 0 Å². The van der Waals surface area contributed by atoms with Gasteiger partial charge >= 0.3 is 11.9 Å². The Morgan fingerprint density at radius 3 is 2.53 bits per heavy atom. The summed E-state index contributed by atoms with van der Waals surface area (Å²) < 4.78 is 44.4. The highest BCUT2D eigenvalue weighted by atomic mass is 19.4. The third-order valence-electron chi connectivity index (χ3n) is 11.2. The summed E-state index contributed by atoms with van der Waals surface area (Å²) in [6.45, 7) is 4.97. The summed E-state index contributed by atoms with van der Waals surface area (Å²) in [5.41, 5.74) is 3.41. The fourth-order valence-electron chi connectivity index (χ4n) is 8.41. The molecule has 2 saturated heterocycles. The van der Waals surface area contributed by atoms with Gasteiger partial charge in [-0.1, -0.05) is 12.1 Å². The van der Waals surface area contributed by atoms with Gasteiger partial charge in [-0.25, -0.2) is 9.78 Å². The van der Waals surface area contributed by atoms with Gasteiger partial charge in [0.05, 0.1) is 22.6 Å². The highest BCUT2D eigenvalue weighted by molar-refractivity contribution is 6.04. The second-order valence-electron chi connectivity index (χ2n) is 14.7. The molecule has 276 valence electrons. The third-order valence-corrected chi connectivity index (χ3v) is 11.2. The van der Waals surface area contributed by atoms with Crippen molar-refractivity contribution in [3.63, 3.8) is 0 Å². The van der Waals surface area contributed by atoms with Crippen molar-refractivity contribution in [3.8, 4) is 0 Å². The van der Waals surface area contributed by atoms with Crippen LogP contribution in [0.15, 0.2) is 59.5 Å². The Kier molecular flexibility index (Phi) is 8.71. The van der Waals surface area contributed by atoms with Gasteiger partial charge in [0.1, 0.15) is 17.4 Å². The number of hydrogen-bond donors (Lipinski definition) is 2. The van der Waals surface area contributed by atoms with Gasteiger partial charge in [-0.05, 0) is 111 Å². The summed E-state index contributed by atoms with van der Waals surface area (Å²) in [5, 5.41) is 10.6. The van der Waals surface area contributed by atoms with Gasteiger partial charge in [0, 0.05) is 37.3 Å². The second-order valence-corrected chi connectivity index (χ2v) is 14.7. The number of hydrogen-bond acceptors (Lipinski definition) is 7. The van der Waals surface area contributed by atoms with Crippen molar-refractivity contribution in [2.45, 2.75) is 69.6 Å². The van der Waals surface area contributed by atoms with Crippen molar-refractivity contribution in [3.05, 3.63) is 87.7 Å². The average molecular weight is 729 g/mol. The minimum atomic E-state index is -4.64. The maximum atomic E-state index is 13.5. The van der Waals surface area contributed by atoms with Crippen LogP contribution in [0.4, 0.5) is 18.9 Å². The molecule has 12 nitrogen and oxygen atoms in total. The van der Waals surface area contributed by atoms with Crippen molar-refractivity contribution in [1.29, 1.82) is 0 Å². The summed E-state index contributed by atoms with van der Waals surface area (Å²) >= 11 is 0. The first-order chi connectivity index (χ1) is 25.3. The van der Waals surface area contributed by atoms with E-state index in [1.54, 1.807) is 34.4 Å². The molecule has 3 fully saturated rings. The number of anilines is 1. The fraction of sp³-hybridized carbons (Fsp3) is 0.421. The molecule has 5 heterocycles. The molecule has 1 unspecified atom stereocenters. The molecule has 0 radical (unpaired) electrons. The molecular formula is C38H39F3N8O4. The van der Waals surface area contributed by atoms with Crippen LogP contribution in [0.2, 0.25) is 0 Å². The lowest BCUT2D eigenvalue weighted by atomic mass is 9.79. The molecule has 15 heteroatoms. The Hall–Kier alpha value is -5.31. The maximum Gasteiger partial charge on any atom is 0.433 e. The summed E-state index contributed by atoms with van der Waals surface area (Å²) in [4.78, 5) is 56.6. The highest BCUT2D eigenvalue weighted by Gasteiger charge is 2.36. The number of amides is 3. The van der Waals surface area contributed by atoms with Crippen molar-refractivity contribution in [2.75, 3.05) is 25.0 Å². The zero-order valence-corrected chi connectivity index (χ0v) is 29.3. The SMILES string of the molecule is Cc1ccc2c(c1C1CCN(CC3CC(n4cc5cc(NC(=O)c6cccc(C(F)(F)F)n6)ccc5n4)C3)CC1)n(C)c(=O)n2C1CCC(=O)NC1=O. The number of imide groups is 1. The summed E-state index contributed by atoms with van der Waals surface area (Å²) in [6.07, 6.45) is 1.72. The molecule has 1 saturated carbocycles. The van der Waals surface area contributed by atoms with Crippen LogP contribution in [-0.4, -0.2) is 66.2 Å². The number of aromatic nitrogens is 5. The monoisotopic (exact) mass is 728 g/mol. The summed E-state index contributed by atoms with van der Waals surface area (Å²) in [6, 6.07) is 11.9. The number of alkyl halides is 3. The van der Waals surface area contributed by atoms with Gasteiger partial charge in [0.15, 0.2) is 0 Å². The molecule has 2 aromatic carbocycles. The molecule has 53 heavy (non-hydrogen) atoms. The van der Waals surface area contributed by atoms with E-state index >= 15 is 0 Å². The minimum absolute atomic E-state index is 0.203. The van der Waals surface area contributed by atoms with Crippen LogP contribution in [0, 0.1) is 12.8 Å². The number of nitrogens with one attached hydrogen (secondary N) is 2. The Morgan fingerprint density at radius 1 is 1.02 bits per heavy atom. The summed E-state index contributed by atoms with van der Waals surface area (Å²) in [5.74, 6) is -0.657. The minimum Gasteiger partial charge on any atom is -0.321 e. The number of imidazole rings is 1. The number of halogens is 3. The lowest BCUT2D eigenvalue weighted by Gasteiger charge is -2.41. The van der Waals surface area contributed by atoms with Crippen LogP contribution in [0.5, 0.6) is 0 Å². The van der Waals surface area contributed by atoms with Crippen molar-refractivity contribution in [2.24, 2.45) is 13.0 Å². The number of fused-ring (bicyclic) bond motifs is 2. The van der Waals surface area contributed by atoms with Crippen molar-refractivity contribution < 1.29 is 27.6 Å². The standard InChI is InChI=1S/C38H39F3N8O4/c1-21-6-9-29-34(46(2)37(53)49(29)30-10-11-32(50)44-36(30)52)33(21)23-12-14-47(15-13-23)19-22-16-26(17-22)48-20-24-18-25(7-8-27(24)45-48)42-35(51)28-4-3-5-31(43-28)38(39,40)41/h3-9,18,20,22-23,26,30H,10-17,19H2,1-2H3,(H,42,51)(H,44,50,52). The zero-order valence-electron chi connectivity index (χ0n) is 29.3. The maximum absolute atomic E-state index is 13.5. The van der Waals surface area contributed by atoms with Crippen LogP contribution in [-0.2, 0) is 22.8 Å². The van der Waals surface area contributed by atoms with E-state index < -0.39 is 29.7 Å². The lowest BCUT2D eigenvalue weighted by Crippen LogP contribution is -2.44.